The van der Waals surface area contributed by atoms with E-state index in [0.717, 1.165) is 48.9 Å². The van der Waals surface area contributed by atoms with Crippen molar-refractivity contribution >= 4 is 22.7 Å². The van der Waals surface area contributed by atoms with E-state index in [-0.39, 0.29) is 17.9 Å². The van der Waals surface area contributed by atoms with Crippen molar-refractivity contribution in [3.8, 4) is 0 Å². The van der Waals surface area contributed by atoms with Gasteiger partial charge in [0.25, 0.3) is 5.91 Å². The van der Waals surface area contributed by atoms with E-state index in [4.69, 9.17) is 0 Å². The number of nitrogens with zero attached hydrogens (tertiary/aromatic N) is 4. The summed E-state index contributed by atoms with van der Waals surface area (Å²) in [5.41, 5.74) is 1.87. The molecular weight excluding hydrogens is 340 g/mol. The summed E-state index contributed by atoms with van der Waals surface area (Å²) in [4.78, 5) is 31.5. The highest BCUT2D eigenvalue weighted by atomic mass is 16.2. The lowest BCUT2D eigenvalue weighted by Gasteiger charge is -2.36. The van der Waals surface area contributed by atoms with E-state index in [1.807, 2.05) is 31.4 Å². The Hall–Kier alpha value is -2.34. The molecule has 6 nitrogen and oxygen atoms in total. The molecule has 1 aromatic carbocycles. The van der Waals surface area contributed by atoms with Crippen LogP contribution in [0.3, 0.4) is 0 Å². The third-order valence-corrected chi connectivity index (χ3v) is 6.07. The summed E-state index contributed by atoms with van der Waals surface area (Å²) in [6.07, 6.45) is 4.16. The number of likely N-dealkylation sites (N-methyl/N-ethyl adjacent to an activating group) is 1. The lowest BCUT2D eigenvalue weighted by atomic mass is 9.94. The molecule has 3 aliphatic heterocycles. The van der Waals surface area contributed by atoms with Gasteiger partial charge in [0.2, 0.25) is 5.91 Å². The van der Waals surface area contributed by atoms with Crippen molar-refractivity contribution in [1.82, 2.24) is 19.3 Å². The molecule has 6 heteroatoms. The Balaban J connectivity index is 1.57. The quantitative estimate of drug-likeness (QED) is 0.830. The first-order valence-corrected chi connectivity index (χ1v) is 9.71. The predicted molar refractivity (Wildman–Crippen MR) is 106 cm³/mol. The number of benzene rings is 1. The summed E-state index contributed by atoms with van der Waals surface area (Å²) in [5.74, 6) is 0.697. The number of hydrogen-bond donors (Lipinski definition) is 0. The third kappa shape index (κ3) is 3.34. The van der Waals surface area contributed by atoms with Crippen LogP contribution in [0.5, 0.6) is 0 Å². The van der Waals surface area contributed by atoms with Gasteiger partial charge >= 0.3 is 0 Å². The molecule has 27 heavy (non-hydrogen) atoms. The van der Waals surface area contributed by atoms with Gasteiger partial charge in [-0.25, -0.2) is 0 Å². The van der Waals surface area contributed by atoms with Gasteiger partial charge in [0.05, 0.1) is 6.54 Å². The molecule has 0 aliphatic carbocycles. The van der Waals surface area contributed by atoms with Gasteiger partial charge in [-0.15, -0.1) is 0 Å². The molecule has 0 radical (unpaired) electrons. The fraction of sp³-hybridized carbons (Fsp3) is 0.524. The Morgan fingerprint density at radius 2 is 1.93 bits per heavy atom. The minimum absolute atomic E-state index is 0.127. The molecule has 2 atom stereocenters. The summed E-state index contributed by atoms with van der Waals surface area (Å²) in [5, 5.41) is 1.02. The maximum absolute atomic E-state index is 13.4. The molecular formula is C21H28N4O2. The van der Waals surface area contributed by atoms with Crippen LogP contribution in [-0.4, -0.2) is 77.4 Å². The lowest BCUT2D eigenvalue weighted by Crippen LogP contribution is -2.47. The van der Waals surface area contributed by atoms with E-state index in [0.29, 0.717) is 12.5 Å². The average Bonchev–Trinajstić information content (AvgIpc) is 2.83. The van der Waals surface area contributed by atoms with Crippen LogP contribution in [0, 0.1) is 5.92 Å². The normalized spacial score (nSPS) is 22.9. The zero-order chi connectivity index (χ0) is 19.1. The molecule has 0 N–H and O–H groups in total. The van der Waals surface area contributed by atoms with Gasteiger partial charge in [-0.1, -0.05) is 6.07 Å². The van der Waals surface area contributed by atoms with Gasteiger partial charge in [0, 0.05) is 69.5 Å². The van der Waals surface area contributed by atoms with Crippen LogP contribution in [0.1, 0.15) is 23.2 Å². The molecule has 0 unspecified atom stereocenters. The van der Waals surface area contributed by atoms with Gasteiger partial charge in [0.1, 0.15) is 0 Å². The Bertz CT molecular complexity index is 872. The van der Waals surface area contributed by atoms with Crippen molar-refractivity contribution in [3.63, 3.8) is 0 Å². The van der Waals surface area contributed by atoms with Crippen molar-refractivity contribution in [1.29, 1.82) is 0 Å². The number of carbonyl (C=O) groups is 2. The van der Waals surface area contributed by atoms with Crippen molar-refractivity contribution in [3.05, 3.63) is 36.0 Å². The number of carbonyl (C=O) groups excluding carboxylic acids is 2. The van der Waals surface area contributed by atoms with Crippen LogP contribution in [0.25, 0.3) is 10.9 Å². The fourth-order valence-electron chi connectivity index (χ4n) is 4.53. The lowest BCUT2D eigenvalue weighted by molar-refractivity contribution is -0.129. The third-order valence-electron chi connectivity index (χ3n) is 6.07. The first-order valence-electron chi connectivity index (χ1n) is 9.71. The van der Waals surface area contributed by atoms with Gasteiger partial charge in [-0.2, -0.15) is 0 Å². The number of fused-ring (bicyclic) bond motifs is 5. The van der Waals surface area contributed by atoms with Gasteiger partial charge < -0.3 is 14.4 Å². The van der Waals surface area contributed by atoms with E-state index < -0.39 is 0 Å². The van der Waals surface area contributed by atoms with Crippen LogP contribution in [0.2, 0.25) is 0 Å². The molecule has 0 spiro atoms. The van der Waals surface area contributed by atoms with E-state index in [9.17, 15) is 9.59 Å². The SMILES string of the molecule is CN(C)C(=O)CN1C[C@@H]2CC[C@H](C1)N(C(=O)c1cccc3c1ccn3C)C2. The second-order valence-electron chi connectivity index (χ2n) is 8.20. The van der Waals surface area contributed by atoms with Crippen LogP contribution in [0.15, 0.2) is 30.5 Å². The smallest absolute Gasteiger partial charge is 0.254 e. The number of piperidine rings is 1. The van der Waals surface area contributed by atoms with Crippen LogP contribution in [0.4, 0.5) is 0 Å². The molecule has 1 aromatic heterocycles. The summed E-state index contributed by atoms with van der Waals surface area (Å²) in [6.45, 7) is 2.91. The van der Waals surface area contributed by atoms with Crippen molar-refractivity contribution < 1.29 is 9.59 Å². The Labute approximate surface area is 160 Å². The Morgan fingerprint density at radius 3 is 2.70 bits per heavy atom. The number of hydrogen-bond acceptors (Lipinski definition) is 3. The van der Waals surface area contributed by atoms with Crippen molar-refractivity contribution in [2.45, 2.75) is 18.9 Å². The number of amides is 2. The Morgan fingerprint density at radius 1 is 1.11 bits per heavy atom. The summed E-state index contributed by atoms with van der Waals surface area (Å²) < 4.78 is 2.05. The van der Waals surface area contributed by atoms with Crippen LogP contribution in [-0.2, 0) is 11.8 Å². The molecule has 2 aromatic rings. The molecule has 3 saturated heterocycles. The highest BCUT2D eigenvalue weighted by Crippen LogP contribution is 2.30. The average molecular weight is 368 g/mol. The standard InChI is InChI=1S/C21H28N4O2/c1-22(2)20(26)14-24-11-15-7-8-16(13-24)25(12-15)21(27)18-5-4-6-19-17(18)9-10-23(19)3/h4-6,9-10,15-16H,7-8,11-14H2,1-3H3/t15-,16+/m0/s1. The fourth-order valence-corrected chi connectivity index (χ4v) is 4.53. The van der Waals surface area contributed by atoms with Gasteiger partial charge in [-0.05, 0) is 37.0 Å². The van der Waals surface area contributed by atoms with Gasteiger partial charge in [0.15, 0.2) is 0 Å². The zero-order valence-corrected chi connectivity index (χ0v) is 16.4. The molecule has 4 heterocycles. The first-order chi connectivity index (χ1) is 12.9. The number of aromatic nitrogens is 1. The Kier molecular flexibility index (Phi) is 4.68. The molecule has 5 rings (SSSR count). The van der Waals surface area contributed by atoms with Crippen LogP contribution >= 0.6 is 0 Å². The molecule has 3 fully saturated rings. The van der Waals surface area contributed by atoms with E-state index in [2.05, 4.69) is 20.4 Å². The minimum Gasteiger partial charge on any atom is -0.351 e. The van der Waals surface area contributed by atoms with Crippen LogP contribution < -0.4 is 0 Å². The molecule has 3 aliphatic rings. The van der Waals surface area contributed by atoms with Crippen molar-refractivity contribution in [2.24, 2.45) is 13.0 Å². The minimum atomic E-state index is 0.127. The zero-order valence-electron chi connectivity index (χ0n) is 16.4. The highest BCUT2D eigenvalue weighted by Gasteiger charge is 2.38. The topological polar surface area (TPSA) is 48.8 Å². The monoisotopic (exact) mass is 368 g/mol. The van der Waals surface area contributed by atoms with Crippen molar-refractivity contribution in [2.75, 3.05) is 40.3 Å². The molecule has 0 saturated carbocycles. The molecule has 2 bridgehead atoms. The van der Waals surface area contributed by atoms with E-state index in [1.54, 1.807) is 19.0 Å². The predicted octanol–water partition coefficient (Wildman–Crippen LogP) is 1.80. The maximum atomic E-state index is 13.4. The van der Waals surface area contributed by atoms with E-state index in [1.165, 1.54) is 0 Å². The van der Waals surface area contributed by atoms with E-state index >= 15 is 0 Å². The highest BCUT2D eigenvalue weighted by molar-refractivity contribution is 6.06. The summed E-state index contributed by atoms with van der Waals surface area (Å²) in [7, 11) is 5.60. The largest absolute Gasteiger partial charge is 0.351 e. The number of aryl methyl sites for hydroxylation is 1. The maximum Gasteiger partial charge on any atom is 0.254 e. The second kappa shape index (κ2) is 7.00. The number of rotatable bonds is 3. The molecule has 144 valence electrons. The summed E-state index contributed by atoms with van der Waals surface area (Å²) >= 11 is 0. The summed E-state index contributed by atoms with van der Waals surface area (Å²) in [6, 6.07) is 8.17. The molecule has 2 amide bonds. The van der Waals surface area contributed by atoms with Gasteiger partial charge in [-0.3, -0.25) is 14.5 Å². The first kappa shape index (κ1) is 18.0. The second-order valence-corrected chi connectivity index (χ2v) is 8.20.